The third-order valence-corrected chi connectivity index (χ3v) is 4.63. The van der Waals surface area contributed by atoms with E-state index >= 15 is 0 Å². The Hall–Kier alpha value is -2.25. The van der Waals surface area contributed by atoms with Crippen LogP contribution in [0.25, 0.3) is 5.65 Å². The first-order chi connectivity index (χ1) is 11.7. The number of fused-ring (bicyclic) bond motifs is 1. The molecule has 1 saturated heterocycles. The van der Waals surface area contributed by atoms with Gasteiger partial charge in [-0.25, -0.2) is 9.97 Å². The van der Waals surface area contributed by atoms with Crippen molar-refractivity contribution in [1.29, 1.82) is 0 Å². The maximum atomic E-state index is 12.3. The van der Waals surface area contributed by atoms with Crippen LogP contribution in [0.5, 0.6) is 0 Å². The minimum Gasteiger partial charge on any atom is -0.293 e. The number of pyridine rings is 1. The molecule has 4 rings (SSSR count). The number of aromatic nitrogens is 5. The summed E-state index contributed by atoms with van der Waals surface area (Å²) in [5.74, 6) is 0. The average Bonchev–Trinajstić information content (AvgIpc) is 3.21. The van der Waals surface area contributed by atoms with Crippen molar-refractivity contribution in [3.05, 3.63) is 58.1 Å². The van der Waals surface area contributed by atoms with E-state index in [1.165, 1.54) is 4.40 Å². The summed E-state index contributed by atoms with van der Waals surface area (Å²) in [4.78, 5) is 23.2. The molecule has 0 spiro atoms. The molecule has 4 heterocycles. The van der Waals surface area contributed by atoms with Gasteiger partial charge in [0, 0.05) is 24.8 Å². The second-order valence-corrected chi connectivity index (χ2v) is 6.48. The number of hydrogen-bond donors (Lipinski definition) is 0. The zero-order valence-corrected chi connectivity index (χ0v) is 13.8. The van der Waals surface area contributed by atoms with Gasteiger partial charge in [-0.2, -0.15) is 5.10 Å². The summed E-state index contributed by atoms with van der Waals surface area (Å²) in [6, 6.07) is 5.49. The molecule has 0 aliphatic carbocycles. The van der Waals surface area contributed by atoms with Gasteiger partial charge < -0.3 is 0 Å². The third-order valence-electron chi connectivity index (χ3n) is 4.41. The van der Waals surface area contributed by atoms with E-state index in [0.29, 0.717) is 23.3 Å². The number of likely N-dealkylation sites (tertiary alicyclic amines) is 1. The predicted octanol–water partition coefficient (Wildman–Crippen LogP) is 1.60. The van der Waals surface area contributed by atoms with E-state index in [-0.39, 0.29) is 5.56 Å². The zero-order chi connectivity index (χ0) is 16.5. The van der Waals surface area contributed by atoms with E-state index < -0.39 is 0 Å². The van der Waals surface area contributed by atoms with Gasteiger partial charge in [0.05, 0.1) is 17.3 Å². The van der Waals surface area contributed by atoms with E-state index in [9.17, 15) is 4.79 Å². The monoisotopic (exact) mass is 344 g/mol. The molecule has 7 nitrogen and oxygen atoms in total. The molecule has 3 aromatic heterocycles. The van der Waals surface area contributed by atoms with E-state index in [1.54, 1.807) is 37.1 Å². The smallest absolute Gasteiger partial charge is 0.258 e. The van der Waals surface area contributed by atoms with E-state index in [1.807, 2.05) is 4.68 Å². The molecule has 0 N–H and O–H groups in total. The molecule has 0 unspecified atom stereocenters. The minimum absolute atomic E-state index is 0.107. The van der Waals surface area contributed by atoms with Gasteiger partial charge in [0.25, 0.3) is 5.56 Å². The van der Waals surface area contributed by atoms with E-state index in [0.717, 1.165) is 31.6 Å². The van der Waals surface area contributed by atoms with Crippen LogP contribution in [0.2, 0.25) is 5.02 Å². The van der Waals surface area contributed by atoms with Crippen molar-refractivity contribution in [3.8, 4) is 0 Å². The molecule has 1 aliphatic heterocycles. The number of halogens is 1. The van der Waals surface area contributed by atoms with Crippen LogP contribution in [0.1, 0.15) is 18.5 Å². The highest BCUT2D eigenvalue weighted by atomic mass is 35.5. The summed E-state index contributed by atoms with van der Waals surface area (Å²) in [5.41, 5.74) is 1.30. The highest BCUT2D eigenvalue weighted by molar-refractivity contribution is 6.30. The third kappa shape index (κ3) is 3.05. The average molecular weight is 345 g/mol. The molecule has 24 heavy (non-hydrogen) atoms. The molecule has 1 atom stereocenters. The van der Waals surface area contributed by atoms with Crippen LogP contribution in [0, 0.1) is 0 Å². The second kappa shape index (κ2) is 6.33. The summed E-state index contributed by atoms with van der Waals surface area (Å²) < 4.78 is 3.33. The second-order valence-electron chi connectivity index (χ2n) is 6.05. The van der Waals surface area contributed by atoms with E-state index in [2.05, 4.69) is 20.0 Å². The molecule has 1 fully saturated rings. The van der Waals surface area contributed by atoms with Crippen LogP contribution < -0.4 is 5.56 Å². The lowest BCUT2D eigenvalue weighted by Gasteiger charge is -2.23. The molecule has 0 radical (unpaired) electrons. The van der Waals surface area contributed by atoms with Crippen molar-refractivity contribution in [3.63, 3.8) is 0 Å². The molecule has 0 amide bonds. The van der Waals surface area contributed by atoms with Crippen molar-refractivity contribution in [2.75, 3.05) is 6.54 Å². The maximum absolute atomic E-state index is 12.3. The first-order valence-corrected chi connectivity index (χ1v) is 8.31. The molecule has 0 aromatic carbocycles. The van der Waals surface area contributed by atoms with Gasteiger partial charge in [0.2, 0.25) is 0 Å². The number of hydrogen-bond acceptors (Lipinski definition) is 5. The van der Waals surface area contributed by atoms with Crippen LogP contribution in [-0.2, 0) is 13.1 Å². The van der Waals surface area contributed by atoms with Crippen molar-refractivity contribution >= 4 is 17.2 Å². The molecule has 1 aliphatic rings. The SMILES string of the molecule is O=c1cc(CN2CCC[C@H]2Cn2cncn2)nc2ccc(Cl)cn12. The van der Waals surface area contributed by atoms with Crippen LogP contribution >= 0.6 is 11.6 Å². The van der Waals surface area contributed by atoms with Crippen LogP contribution in [-0.4, -0.2) is 41.6 Å². The Morgan fingerprint density at radius 3 is 3.08 bits per heavy atom. The van der Waals surface area contributed by atoms with Crippen molar-refractivity contribution in [1.82, 2.24) is 29.0 Å². The maximum Gasteiger partial charge on any atom is 0.258 e. The lowest BCUT2D eigenvalue weighted by Crippen LogP contribution is -2.33. The van der Waals surface area contributed by atoms with Gasteiger partial charge in [-0.15, -0.1) is 0 Å². The van der Waals surface area contributed by atoms with Crippen LogP contribution in [0.4, 0.5) is 0 Å². The topological polar surface area (TPSA) is 68.3 Å². The van der Waals surface area contributed by atoms with Crippen molar-refractivity contribution in [2.45, 2.75) is 32.0 Å². The van der Waals surface area contributed by atoms with Crippen LogP contribution in [0.3, 0.4) is 0 Å². The first-order valence-electron chi connectivity index (χ1n) is 7.93. The number of nitrogens with zero attached hydrogens (tertiary/aromatic N) is 6. The fourth-order valence-electron chi connectivity index (χ4n) is 3.27. The first kappa shape index (κ1) is 15.3. The Morgan fingerprint density at radius 1 is 1.33 bits per heavy atom. The normalized spacial score (nSPS) is 18.5. The quantitative estimate of drug-likeness (QED) is 0.719. The predicted molar refractivity (Wildman–Crippen MR) is 89.9 cm³/mol. The largest absolute Gasteiger partial charge is 0.293 e. The van der Waals surface area contributed by atoms with Crippen LogP contribution in [0.15, 0.2) is 41.8 Å². The summed E-state index contributed by atoms with van der Waals surface area (Å²) in [6.07, 6.45) is 7.14. The van der Waals surface area contributed by atoms with Crippen molar-refractivity contribution in [2.24, 2.45) is 0 Å². The summed E-state index contributed by atoms with van der Waals surface area (Å²) in [7, 11) is 0. The Morgan fingerprint density at radius 2 is 2.25 bits per heavy atom. The van der Waals surface area contributed by atoms with Gasteiger partial charge in [-0.05, 0) is 31.5 Å². The molecular formula is C16H17ClN6O. The van der Waals surface area contributed by atoms with Gasteiger partial charge >= 0.3 is 0 Å². The van der Waals surface area contributed by atoms with Gasteiger partial charge in [0.15, 0.2) is 0 Å². The van der Waals surface area contributed by atoms with Gasteiger partial charge in [-0.3, -0.25) is 18.8 Å². The standard InChI is InChI=1S/C16H17ClN6O/c17-12-3-4-15-20-13(6-16(24)23(15)7-12)8-21-5-1-2-14(21)9-22-11-18-10-19-22/h3-4,6-7,10-11,14H,1-2,5,8-9H2/t14-/m0/s1. The lowest BCUT2D eigenvalue weighted by atomic mass is 10.2. The fraction of sp³-hybridized carbons (Fsp3) is 0.375. The highest BCUT2D eigenvalue weighted by Gasteiger charge is 2.25. The molecule has 3 aromatic rings. The molecule has 0 bridgehead atoms. The highest BCUT2D eigenvalue weighted by Crippen LogP contribution is 2.20. The molecule has 124 valence electrons. The molecule has 0 saturated carbocycles. The minimum atomic E-state index is -0.107. The Bertz CT molecular complexity index is 907. The Balaban J connectivity index is 1.57. The van der Waals surface area contributed by atoms with Crippen molar-refractivity contribution < 1.29 is 0 Å². The zero-order valence-electron chi connectivity index (χ0n) is 13.0. The number of rotatable bonds is 4. The fourth-order valence-corrected chi connectivity index (χ4v) is 3.43. The lowest BCUT2D eigenvalue weighted by molar-refractivity contribution is 0.216. The van der Waals surface area contributed by atoms with E-state index in [4.69, 9.17) is 11.6 Å². The summed E-state index contributed by atoms with van der Waals surface area (Å²) in [5, 5.41) is 4.70. The molecule has 8 heteroatoms. The summed E-state index contributed by atoms with van der Waals surface area (Å²) >= 11 is 5.95. The Kier molecular flexibility index (Phi) is 4.03. The summed E-state index contributed by atoms with van der Waals surface area (Å²) in [6.45, 7) is 2.47. The molecular weight excluding hydrogens is 328 g/mol. The Labute approximate surface area is 143 Å². The van der Waals surface area contributed by atoms with Gasteiger partial charge in [-0.1, -0.05) is 11.6 Å². The van der Waals surface area contributed by atoms with Gasteiger partial charge in [0.1, 0.15) is 18.3 Å².